The Morgan fingerprint density at radius 2 is 0.604 bits per heavy atom. The molecule has 0 aliphatic heterocycles. The first-order valence-corrected chi connectivity index (χ1v) is 13.1. The van der Waals surface area contributed by atoms with Crippen molar-refractivity contribution in [3.63, 3.8) is 0 Å². The normalized spacial score (nSPS) is 9.28. The molecular weight excluding hydrogens is 785 g/mol. The average Bonchev–Trinajstić information content (AvgIpc) is 3.11. The number of benzene rings is 3. The molecule has 0 saturated carbocycles. The lowest BCUT2D eigenvalue weighted by Gasteiger charge is -2.02. The van der Waals surface area contributed by atoms with E-state index in [-0.39, 0.29) is 10.7 Å². The van der Waals surface area contributed by atoms with Crippen LogP contribution in [-0.2, 0) is 0 Å². The van der Waals surface area contributed by atoms with Crippen molar-refractivity contribution >= 4 is 23.2 Å². The second-order valence-corrected chi connectivity index (χ2v) is 9.30. The van der Waals surface area contributed by atoms with E-state index in [9.17, 15) is 52.7 Å². The molecular formula is C30H3Cl2F12N9. The quantitative estimate of drug-likeness (QED) is 0.0560. The van der Waals surface area contributed by atoms with Crippen LogP contribution in [0.2, 0.25) is 10.0 Å². The molecule has 9 nitrogen and oxygen atoms in total. The summed E-state index contributed by atoms with van der Waals surface area (Å²) in [6.45, 7) is 1.40. The van der Waals surface area contributed by atoms with Crippen molar-refractivity contribution in [3.05, 3.63) is 125 Å². The molecule has 0 aliphatic carbocycles. The smallest absolute Gasteiger partial charge is 0.206 e. The molecule has 0 fully saturated rings. The number of nitrogens with zero attached hydrogens (tertiary/aromatic N) is 9. The van der Waals surface area contributed by atoms with Crippen LogP contribution in [0, 0.1) is 156 Å². The van der Waals surface area contributed by atoms with Crippen LogP contribution in [0.3, 0.4) is 0 Å². The summed E-state index contributed by atoms with van der Waals surface area (Å²) in [5, 5.41) is 56.8. The Morgan fingerprint density at radius 3 is 0.849 bits per heavy atom. The van der Waals surface area contributed by atoms with Gasteiger partial charge in [-0.3, -0.25) is 0 Å². The van der Waals surface area contributed by atoms with Gasteiger partial charge >= 0.3 is 6.08 Å². The first-order valence-electron chi connectivity index (χ1n) is 12.4. The van der Waals surface area contributed by atoms with Crippen molar-refractivity contribution in [2.24, 2.45) is 0 Å². The third-order valence-corrected chi connectivity index (χ3v) is 6.34. The van der Waals surface area contributed by atoms with Gasteiger partial charge in [0.05, 0.1) is 5.69 Å². The van der Waals surface area contributed by atoms with Gasteiger partial charge < -0.3 is 0 Å². The Morgan fingerprint density at radius 1 is 0.358 bits per heavy atom. The lowest BCUT2D eigenvalue weighted by atomic mass is 10.0. The predicted molar refractivity (Wildman–Crippen MR) is 149 cm³/mol. The van der Waals surface area contributed by atoms with E-state index in [1.54, 1.807) is 0 Å². The molecule has 0 N–H and O–H groups in total. The maximum absolute atomic E-state index is 13.1. The number of aryl methyl sites for hydroxylation is 1. The molecule has 23 heteroatoms. The lowest BCUT2D eigenvalue weighted by molar-refractivity contribution is 0.429. The molecule has 0 aliphatic rings. The largest absolute Gasteiger partial charge is 0.311 e. The Bertz CT molecular complexity index is 2160. The van der Waals surface area contributed by atoms with E-state index in [0.717, 1.165) is 42.5 Å². The molecule has 0 saturated heterocycles. The van der Waals surface area contributed by atoms with Crippen molar-refractivity contribution in [1.29, 1.82) is 36.8 Å². The van der Waals surface area contributed by atoms with Crippen molar-refractivity contribution in [2.45, 2.75) is 6.92 Å². The molecule has 0 atom stereocenters. The lowest BCUT2D eigenvalue weighted by Crippen LogP contribution is -2.04. The zero-order valence-corrected chi connectivity index (χ0v) is 26.3. The summed E-state index contributed by atoms with van der Waals surface area (Å²) in [7, 11) is 0. The molecule has 4 aromatic rings. The highest BCUT2D eigenvalue weighted by Gasteiger charge is 2.26. The minimum atomic E-state index is -2.03. The molecule has 0 spiro atoms. The molecule has 3 aromatic carbocycles. The Balaban J connectivity index is 0.000000356. The minimum Gasteiger partial charge on any atom is -0.206 e. The van der Waals surface area contributed by atoms with Crippen molar-refractivity contribution in [3.8, 4) is 42.5 Å². The third kappa shape index (κ3) is 9.18. The number of halogens is 14. The van der Waals surface area contributed by atoms with Crippen molar-refractivity contribution in [1.82, 2.24) is 9.97 Å². The molecule has 0 amide bonds. The van der Waals surface area contributed by atoms with Crippen LogP contribution in [0.15, 0.2) is 0 Å². The summed E-state index contributed by atoms with van der Waals surface area (Å²) >= 11 is 10.4. The standard InChI is InChI=1S/C9F3N3.C8ClF3N2.C8F4N2.C5H3ClF2N2/c10-7-4(1-13)8(11)6(3-15)9(12)5(7)2-14;9-5-7(11)3(1-13)6(10)4(2-14)8(5)12;9-5-3(1-13)6(10)8(12)7(11)4(5)2-14;1-2-3(6)4(7)10-5(8)9-2/h;;;1H3. The maximum atomic E-state index is 13.1. The summed E-state index contributed by atoms with van der Waals surface area (Å²) in [6, 6.07) is 7.67. The highest BCUT2D eigenvalue weighted by molar-refractivity contribution is 6.31. The van der Waals surface area contributed by atoms with Gasteiger partial charge in [0.2, 0.25) is 5.95 Å². The summed E-state index contributed by atoms with van der Waals surface area (Å²) in [5.74, 6) is -17.9. The number of aromatic nitrogens is 2. The zero-order valence-electron chi connectivity index (χ0n) is 24.8. The molecule has 266 valence electrons. The summed E-state index contributed by atoms with van der Waals surface area (Å²) < 4.78 is 153. The van der Waals surface area contributed by atoms with Gasteiger partial charge in [0.15, 0.2) is 58.2 Å². The van der Waals surface area contributed by atoms with Gasteiger partial charge in [0, 0.05) is 0 Å². The number of hydrogen-bond acceptors (Lipinski definition) is 9. The van der Waals surface area contributed by atoms with Crippen molar-refractivity contribution in [2.75, 3.05) is 0 Å². The fourth-order valence-corrected chi connectivity index (χ4v) is 3.38. The van der Waals surface area contributed by atoms with Crippen LogP contribution < -0.4 is 0 Å². The van der Waals surface area contributed by atoms with E-state index < -0.39 is 114 Å². The van der Waals surface area contributed by atoms with Crippen LogP contribution in [0.4, 0.5) is 52.7 Å². The van der Waals surface area contributed by atoms with E-state index in [1.165, 1.54) is 6.92 Å². The maximum Gasteiger partial charge on any atom is 0.311 e. The number of rotatable bonds is 0. The molecule has 0 unspecified atom stereocenters. The highest BCUT2D eigenvalue weighted by Crippen LogP contribution is 2.28. The fraction of sp³-hybridized carbons (Fsp3) is 0.0333. The Labute approximate surface area is 296 Å². The van der Waals surface area contributed by atoms with Crippen molar-refractivity contribution < 1.29 is 52.7 Å². The molecule has 1 aromatic heterocycles. The second kappa shape index (κ2) is 18.8. The number of hydrogen-bond donors (Lipinski definition) is 0. The predicted octanol–water partition coefficient (Wildman–Crippen LogP) is 7.92. The van der Waals surface area contributed by atoms with Gasteiger partial charge in [-0.15, -0.1) is 0 Å². The summed E-state index contributed by atoms with van der Waals surface area (Å²) in [5.41, 5.74) is -8.04. The van der Waals surface area contributed by atoms with E-state index >= 15 is 0 Å². The van der Waals surface area contributed by atoms with Crippen LogP contribution in [-0.4, -0.2) is 9.97 Å². The minimum absolute atomic E-state index is 0.103. The van der Waals surface area contributed by atoms with E-state index in [2.05, 4.69) is 9.97 Å². The fourth-order valence-electron chi connectivity index (χ4n) is 3.11. The molecule has 1 heterocycles. The Kier molecular flexibility index (Phi) is 15.6. The highest BCUT2D eigenvalue weighted by atomic mass is 35.5. The topological polar surface area (TPSA) is 192 Å². The average molecular weight is 788 g/mol. The molecule has 53 heavy (non-hydrogen) atoms. The molecule has 4 rings (SSSR count). The molecule has 0 bridgehead atoms. The van der Waals surface area contributed by atoms with Crippen LogP contribution in [0.1, 0.15) is 44.6 Å². The number of nitriles is 7. The first kappa shape index (κ1) is 43.9. The van der Waals surface area contributed by atoms with E-state index in [0.29, 0.717) is 0 Å². The summed E-state index contributed by atoms with van der Waals surface area (Å²) in [6.07, 6.45) is -1.10. The summed E-state index contributed by atoms with van der Waals surface area (Å²) in [4.78, 5) is 5.94. The third-order valence-electron chi connectivity index (χ3n) is 5.58. The van der Waals surface area contributed by atoms with Gasteiger partial charge in [-0.05, 0) is 6.92 Å². The van der Waals surface area contributed by atoms with Crippen LogP contribution in [0.25, 0.3) is 0 Å². The van der Waals surface area contributed by atoms with E-state index in [4.69, 9.17) is 60.0 Å². The van der Waals surface area contributed by atoms with E-state index in [1.807, 2.05) is 0 Å². The van der Waals surface area contributed by atoms with Gasteiger partial charge in [0.25, 0.3) is 0 Å². The SMILES string of the molecule is Cc1nc(F)nc(F)c1Cl.N#Cc1c(F)c(C#N)c(F)c(C#N)c1F.N#Cc1c(F)c(Cl)c(F)c(C#N)c1F.N#Cc1c(F)c(F)c(F)c(C#N)c1F. The van der Waals surface area contributed by atoms with Gasteiger partial charge in [0.1, 0.15) is 91.5 Å². The Hall–Kier alpha value is -7.09. The van der Waals surface area contributed by atoms with Gasteiger partial charge in [-0.2, -0.15) is 50.6 Å². The molecule has 0 radical (unpaired) electrons. The monoisotopic (exact) mass is 787 g/mol. The van der Waals surface area contributed by atoms with Crippen LogP contribution >= 0.6 is 23.2 Å². The van der Waals surface area contributed by atoms with Crippen LogP contribution in [0.5, 0.6) is 0 Å². The zero-order chi connectivity index (χ0) is 41.1. The van der Waals surface area contributed by atoms with Gasteiger partial charge in [-0.25, -0.2) is 48.9 Å². The first-order chi connectivity index (χ1) is 24.8. The van der Waals surface area contributed by atoms with Gasteiger partial charge in [-0.1, -0.05) is 23.2 Å². The second-order valence-electron chi connectivity index (χ2n) is 8.54.